The number of hydrogen-bond acceptors (Lipinski definition) is 4. The molecule has 2 heterocycles. The number of hydrogen-bond donors (Lipinski definition) is 1. The zero-order valence-electron chi connectivity index (χ0n) is 11.2. The van der Waals surface area contributed by atoms with Crippen LogP contribution < -0.4 is 9.47 Å². The first-order valence-corrected chi connectivity index (χ1v) is 7.10. The lowest BCUT2D eigenvalue weighted by molar-refractivity contribution is 0.174. The summed E-state index contributed by atoms with van der Waals surface area (Å²) in [4.78, 5) is 2.52. The quantitative estimate of drug-likeness (QED) is 0.884. The van der Waals surface area contributed by atoms with Gasteiger partial charge in [-0.05, 0) is 49.9 Å². The number of benzene rings is 1. The van der Waals surface area contributed by atoms with Crippen LogP contribution in [-0.2, 0) is 6.54 Å². The van der Waals surface area contributed by atoms with E-state index in [-0.39, 0.29) is 0 Å². The topological polar surface area (TPSA) is 41.9 Å². The fourth-order valence-electron chi connectivity index (χ4n) is 3.03. The maximum absolute atomic E-state index is 8.96. The molecule has 0 bridgehead atoms. The number of nitrogens with zero attached hydrogens (tertiary/aromatic N) is 1. The molecule has 1 atom stereocenters. The van der Waals surface area contributed by atoms with Crippen LogP contribution in [0.3, 0.4) is 0 Å². The van der Waals surface area contributed by atoms with E-state index in [4.69, 9.17) is 14.6 Å². The molecule has 2 aliphatic rings. The lowest BCUT2D eigenvalue weighted by atomic mass is 10.1. The molecule has 1 unspecified atom stereocenters. The summed E-state index contributed by atoms with van der Waals surface area (Å²) in [5.41, 5.74) is 1.28. The van der Waals surface area contributed by atoms with E-state index in [0.717, 1.165) is 37.4 Å². The van der Waals surface area contributed by atoms with E-state index in [2.05, 4.69) is 17.0 Å². The molecule has 4 heteroatoms. The molecule has 0 radical (unpaired) electrons. The molecule has 0 aliphatic carbocycles. The second-order valence-electron chi connectivity index (χ2n) is 5.32. The maximum Gasteiger partial charge on any atom is 0.231 e. The molecule has 1 aromatic rings. The third kappa shape index (κ3) is 2.85. The standard InChI is InChI=1S/C15H21NO3/c17-8-2-4-13-3-1-7-16(13)10-12-5-6-14-15(9-12)19-11-18-14/h5-6,9,13,17H,1-4,7-8,10-11H2. The van der Waals surface area contributed by atoms with E-state index in [1.165, 1.54) is 18.4 Å². The summed E-state index contributed by atoms with van der Waals surface area (Å²) in [6, 6.07) is 6.83. The Morgan fingerprint density at radius 2 is 2.16 bits per heavy atom. The van der Waals surface area contributed by atoms with Crippen LogP contribution >= 0.6 is 0 Å². The van der Waals surface area contributed by atoms with Crippen molar-refractivity contribution in [2.75, 3.05) is 19.9 Å². The van der Waals surface area contributed by atoms with E-state index in [1.807, 2.05) is 6.07 Å². The summed E-state index contributed by atoms with van der Waals surface area (Å²) in [6.45, 7) is 2.76. The predicted octanol–water partition coefficient (Wildman–Crippen LogP) is 2.15. The van der Waals surface area contributed by atoms with E-state index in [0.29, 0.717) is 19.4 Å². The summed E-state index contributed by atoms with van der Waals surface area (Å²) in [5.74, 6) is 1.71. The molecule has 1 aromatic carbocycles. The van der Waals surface area contributed by atoms with Crippen LogP contribution in [0.5, 0.6) is 11.5 Å². The van der Waals surface area contributed by atoms with Crippen molar-refractivity contribution >= 4 is 0 Å². The fraction of sp³-hybridized carbons (Fsp3) is 0.600. The van der Waals surface area contributed by atoms with Crippen LogP contribution in [0.25, 0.3) is 0 Å². The van der Waals surface area contributed by atoms with Gasteiger partial charge < -0.3 is 14.6 Å². The number of rotatable bonds is 5. The molecule has 1 N–H and O–H groups in total. The van der Waals surface area contributed by atoms with Crippen molar-refractivity contribution in [2.45, 2.75) is 38.3 Å². The molecule has 1 saturated heterocycles. The van der Waals surface area contributed by atoms with Crippen molar-refractivity contribution in [3.05, 3.63) is 23.8 Å². The zero-order valence-corrected chi connectivity index (χ0v) is 11.2. The van der Waals surface area contributed by atoms with Crippen molar-refractivity contribution in [3.8, 4) is 11.5 Å². The Morgan fingerprint density at radius 3 is 3.05 bits per heavy atom. The van der Waals surface area contributed by atoms with E-state index < -0.39 is 0 Å². The van der Waals surface area contributed by atoms with Gasteiger partial charge in [-0.25, -0.2) is 0 Å². The number of aliphatic hydroxyl groups is 1. The molecule has 0 saturated carbocycles. The highest BCUT2D eigenvalue weighted by atomic mass is 16.7. The summed E-state index contributed by atoms with van der Waals surface area (Å²) in [6.07, 6.45) is 4.52. The lowest BCUT2D eigenvalue weighted by Gasteiger charge is -2.24. The smallest absolute Gasteiger partial charge is 0.231 e. The summed E-state index contributed by atoms with van der Waals surface area (Å²) < 4.78 is 10.8. The molecular formula is C15H21NO3. The van der Waals surface area contributed by atoms with Crippen molar-refractivity contribution in [1.82, 2.24) is 4.90 Å². The van der Waals surface area contributed by atoms with Crippen LogP contribution in [-0.4, -0.2) is 36.0 Å². The highest BCUT2D eigenvalue weighted by molar-refractivity contribution is 5.44. The SMILES string of the molecule is OCCCC1CCCN1Cc1ccc2c(c1)OCO2. The Balaban J connectivity index is 1.64. The van der Waals surface area contributed by atoms with Gasteiger partial charge >= 0.3 is 0 Å². The van der Waals surface area contributed by atoms with Gasteiger partial charge in [0.15, 0.2) is 11.5 Å². The monoisotopic (exact) mass is 263 g/mol. The van der Waals surface area contributed by atoms with E-state index in [1.54, 1.807) is 0 Å². The minimum absolute atomic E-state index is 0.300. The zero-order chi connectivity index (χ0) is 13.1. The largest absolute Gasteiger partial charge is 0.454 e. The molecule has 3 rings (SSSR count). The predicted molar refractivity (Wildman–Crippen MR) is 72.3 cm³/mol. The van der Waals surface area contributed by atoms with Crippen molar-refractivity contribution in [1.29, 1.82) is 0 Å². The van der Waals surface area contributed by atoms with Gasteiger partial charge in [-0.3, -0.25) is 4.90 Å². The van der Waals surface area contributed by atoms with Gasteiger partial charge in [0.25, 0.3) is 0 Å². The molecule has 104 valence electrons. The Labute approximate surface area is 113 Å². The average Bonchev–Trinajstić information content (AvgIpc) is 3.05. The maximum atomic E-state index is 8.96. The third-order valence-corrected chi connectivity index (χ3v) is 4.02. The van der Waals surface area contributed by atoms with Gasteiger partial charge in [-0.2, -0.15) is 0 Å². The fourth-order valence-corrected chi connectivity index (χ4v) is 3.03. The first-order chi connectivity index (χ1) is 9.36. The van der Waals surface area contributed by atoms with E-state index >= 15 is 0 Å². The Kier molecular flexibility index (Phi) is 3.89. The molecule has 2 aliphatic heterocycles. The van der Waals surface area contributed by atoms with Gasteiger partial charge in [-0.1, -0.05) is 6.07 Å². The molecule has 0 aromatic heterocycles. The van der Waals surface area contributed by atoms with Gasteiger partial charge in [0.2, 0.25) is 6.79 Å². The Bertz CT molecular complexity index is 435. The van der Waals surface area contributed by atoms with Crippen LogP contribution in [0.15, 0.2) is 18.2 Å². The van der Waals surface area contributed by atoms with Crippen molar-refractivity contribution in [2.24, 2.45) is 0 Å². The van der Waals surface area contributed by atoms with Gasteiger partial charge in [0.05, 0.1) is 0 Å². The van der Waals surface area contributed by atoms with Crippen LogP contribution in [0.1, 0.15) is 31.2 Å². The highest BCUT2D eigenvalue weighted by Crippen LogP contribution is 2.33. The van der Waals surface area contributed by atoms with Crippen molar-refractivity contribution < 1.29 is 14.6 Å². The van der Waals surface area contributed by atoms with E-state index in [9.17, 15) is 0 Å². The number of aliphatic hydroxyl groups excluding tert-OH is 1. The molecular weight excluding hydrogens is 242 g/mol. The molecule has 4 nitrogen and oxygen atoms in total. The molecule has 0 spiro atoms. The molecule has 0 amide bonds. The second kappa shape index (κ2) is 5.80. The van der Waals surface area contributed by atoms with Crippen LogP contribution in [0, 0.1) is 0 Å². The lowest BCUT2D eigenvalue weighted by Crippen LogP contribution is -2.29. The number of ether oxygens (including phenoxy) is 2. The summed E-state index contributed by atoms with van der Waals surface area (Å²) in [5, 5.41) is 8.96. The summed E-state index contributed by atoms with van der Waals surface area (Å²) >= 11 is 0. The third-order valence-electron chi connectivity index (χ3n) is 4.02. The summed E-state index contributed by atoms with van der Waals surface area (Å²) in [7, 11) is 0. The highest BCUT2D eigenvalue weighted by Gasteiger charge is 2.24. The van der Waals surface area contributed by atoms with Gasteiger partial charge in [0, 0.05) is 19.2 Å². The molecule has 19 heavy (non-hydrogen) atoms. The average molecular weight is 263 g/mol. The second-order valence-corrected chi connectivity index (χ2v) is 5.32. The van der Waals surface area contributed by atoms with Gasteiger partial charge in [0.1, 0.15) is 0 Å². The van der Waals surface area contributed by atoms with Crippen LogP contribution in [0.2, 0.25) is 0 Å². The van der Waals surface area contributed by atoms with Crippen molar-refractivity contribution in [3.63, 3.8) is 0 Å². The number of likely N-dealkylation sites (tertiary alicyclic amines) is 1. The first kappa shape index (κ1) is 12.8. The molecule has 1 fully saturated rings. The Hall–Kier alpha value is -1.26. The first-order valence-electron chi connectivity index (χ1n) is 7.10. The normalized spacial score (nSPS) is 22.1. The minimum Gasteiger partial charge on any atom is -0.454 e. The number of fused-ring (bicyclic) bond motifs is 1. The van der Waals surface area contributed by atoms with Crippen LogP contribution in [0.4, 0.5) is 0 Å². The van der Waals surface area contributed by atoms with Gasteiger partial charge in [-0.15, -0.1) is 0 Å². The Morgan fingerprint density at radius 1 is 1.26 bits per heavy atom. The minimum atomic E-state index is 0.300.